The molecule has 146 valence electrons. The number of hydrogen-bond donors (Lipinski definition) is 1. The van der Waals surface area contributed by atoms with Gasteiger partial charge in [-0.05, 0) is 48.9 Å². The van der Waals surface area contributed by atoms with Gasteiger partial charge in [0.25, 0.3) is 0 Å². The van der Waals surface area contributed by atoms with Gasteiger partial charge in [0.2, 0.25) is 5.91 Å². The zero-order valence-corrected chi connectivity index (χ0v) is 18.3. The van der Waals surface area contributed by atoms with Crippen molar-refractivity contribution in [1.29, 1.82) is 0 Å². The van der Waals surface area contributed by atoms with Gasteiger partial charge in [0.1, 0.15) is 5.75 Å². The zero-order chi connectivity index (χ0) is 20.1. The summed E-state index contributed by atoms with van der Waals surface area (Å²) in [6.45, 7) is 1.97. The van der Waals surface area contributed by atoms with Gasteiger partial charge in [0.05, 0.1) is 18.9 Å². The Hall–Kier alpha value is -2.32. The van der Waals surface area contributed by atoms with Crippen LogP contribution in [0, 0.1) is 0 Å². The van der Waals surface area contributed by atoms with Gasteiger partial charge in [-0.1, -0.05) is 39.8 Å². The maximum atomic E-state index is 12.3. The molecule has 0 aliphatic rings. The minimum absolute atomic E-state index is 0.0468. The summed E-state index contributed by atoms with van der Waals surface area (Å²) in [7, 11) is 3.53. The van der Waals surface area contributed by atoms with E-state index in [2.05, 4.69) is 31.4 Å². The third-order valence-electron chi connectivity index (χ3n) is 4.26. The smallest absolute Gasteiger partial charge is 0.230 e. The molecular formula is C20H21BrN4O2S. The fourth-order valence-electron chi connectivity index (χ4n) is 2.68. The molecule has 1 heterocycles. The Labute approximate surface area is 176 Å². The summed E-state index contributed by atoms with van der Waals surface area (Å²) in [5.74, 6) is 1.76. The minimum Gasteiger partial charge on any atom is -0.497 e. The molecular weight excluding hydrogens is 440 g/mol. The van der Waals surface area contributed by atoms with Crippen LogP contribution in [0.15, 0.2) is 58.2 Å². The van der Waals surface area contributed by atoms with Gasteiger partial charge in [-0.25, -0.2) is 0 Å². The lowest BCUT2D eigenvalue weighted by molar-refractivity contribution is -0.119. The van der Waals surface area contributed by atoms with Crippen molar-refractivity contribution >= 4 is 33.6 Å². The fourth-order valence-corrected chi connectivity index (χ4v) is 3.67. The molecule has 1 aromatic heterocycles. The molecule has 2 aromatic carbocycles. The number of benzene rings is 2. The second kappa shape index (κ2) is 9.25. The molecule has 0 spiro atoms. The van der Waals surface area contributed by atoms with Crippen LogP contribution in [0.5, 0.6) is 5.75 Å². The monoisotopic (exact) mass is 460 g/mol. The Morgan fingerprint density at radius 3 is 2.50 bits per heavy atom. The Balaban J connectivity index is 1.59. The average molecular weight is 461 g/mol. The summed E-state index contributed by atoms with van der Waals surface area (Å²) in [6, 6.07) is 15.5. The minimum atomic E-state index is -0.0597. The van der Waals surface area contributed by atoms with E-state index in [1.165, 1.54) is 11.8 Å². The molecule has 0 fully saturated rings. The van der Waals surface area contributed by atoms with Crippen molar-refractivity contribution in [2.45, 2.75) is 18.1 Å². The van der Waals surface area contributed by atoms with Crippen LogP contribution in [0.3, 0.4) is 0 Å². The summed E-state index contributed by atoms with van der Waals surface area (Å²) >= 11 is 4.78. The Morgan fingerprint density at radius 1 is 1.18 bits per heavy atom. The number of rotatable bonds is 7. The van der Waals surface area contributed by atoms with E-state index in [1.54, 1.807) is 7.11 Å². The average Bonchev–Trinajstić information content (AvgIpc) is 3.07. The summed E-state index contributed by atoms with van der Waals surface area (Å²) in [6.07, 6.45) is 0. The number of halogens is 1. The summed E-state index contributed by atoms with van der Waals surface area (Å²) in [5, 5.41) is 12.2. The molecule has 28 heavy (non-hydrogen) atoms. The number of hydrogen-bond acceptors (Lipinski definition) is 5. The van der Waals surface area contributed by atoms with E-state index in [4.69, 9.17) is 4.74 Å². The van der Waals surface area contributed by atoms with E-state index >= 15 is 0 Å². The van der Waals surface area contributed by atoms with Gasteiger partial charge in [-0.2, -0.15) is 0 Å². The van der Waals surface area contributed by atoms with Crippen LogP contribution >= 0.6 is 27.7 Å². The molecule has 3 aromatic rings. The number of methoxy groups -OCH3 is 1. The molecule has 0 bridgehead atoms. The molecule has 8 heteroatoms. The van der Waals surface area contributed by atoms with Crippen molar-refractivity contribution in [3.8, 4) is 17.1 Å². The van der Waals surface area contributed by atoms with Gasteiger partial charge in [-0.3, -0.25) is 4.79 Å². The van der Waals surface area contributed by atoms with Gasteiger partial charge < -0.3 is 14.6 Å². The predicted octanol–water partition coefficient (Wildman–Crippen LogP) is 4.22. The predicted molar refractivity (Wildman–Crippen MR) is 114 cm³/mol. The molecule has 0 saturated heterocycles. The first-order chi connectivity index (χ1) is 13.5. The van der Waals surface area contributed by atoms with Crippen molar-refractivity contribution < 1.29 is 9.53 Å². The van der Waals surface area contributed by atoms with Crippen molar-refractivity contribution in [2.24, 2.45) is 7.05 Å². The Morgan fingerprint density at radius 2 is 1.86 bits per heavy atom. The van der Waals surface area contributed by atoms with Crippen molar-refractivity contribution in [3.63, 3.8) is 0 Å². The lowest BCUT2D eigenvalue weighted by atomic mass is 10.1. The number of amides is 1. The van der Waals surface area contributed by atoms with Crippen molar-refractivity contribution in [2.75, 3.05) is 12.9 Å². The van der Waals surface area contributed by atoms with Crippen LogP contribution in [-0.4, -0.2) is 33.5 Å². The highest BCUT2D eigenvalue weighted by Crippen LogP contribution is 2.24. The quantitative estimate of drug-likeness (QED) is 0.534. The van der Waals surface area contributed by atoms with Gasteiger partial charge >= 0.3 is 0 Å². The summed E-state index contributed by atoms with van der Waals surface area (Å²) in [5.41, 5.74) is 2.00. The molecule has 0 aliphatic carbocycles. The standard InChI is InChI=1S/C20H21BrN4O2S/c1-13(14-4-8-16(21)9-5-14)22-18(26)12-28-20-24-23-19(25(20)2)15-6-10-17(27-3)11-7-15/h4-11,13H,12H2,1-3H3,(H,22,26). The molecule has 3 rings (SSSR count). The lowest BCUT2D eigenvalue weighted by Gasteiger charge is -2.14. The summed E-state index contributed by atoms with van der Waals surface area (Å²) in [4.78, 5) is 12.3. The van der Waals surface area contributed by atoms with Gasteiger partial charge in [0, 0.05) is 17.1 Å². The lowest BCUT2D eigenvalue weighted by Crippen LogP contribution is -2.28. The SMILES string of the molecule is COc1ccc(-c2nnc(SCC(=O)NC(C)c3ccc(Br)cc3)n2C)cc1. The molecule has 1 atom stereocenters. The van der Waals surface area contributed by atoms with Crippen LogP contribution in [-0.2, 0) is 11.8 Å². The van der Waals surface area contributed by atoms with E-state index in [1.807, 2.05) is 67.1 Å². The highest BCUT2D eigenvalue weighted by molar-refractivity contribution is 9.10. The topological polar surface area (TPSA) is 69.0 Å². The first kappa shape index (κ1) is 20.4. The number of ether oxygens (including phenoxy) is 1. The van der Waals surface area contributed by atoms with Crippen LogP contribution in [0.1, 0.15) is 18.5 Å². The van der Waals surface area contributed by atoms with Crippen LogP contribution in [0.4, 0.5) is 0 Å². The second-order valence-electron chi connectivity index (χ2n) is 6.22. The van der Waals surface area contributed by atoms with E-state index < -0.39 is 0 Å². The molecule has 0 radical (unpaired) electrons. The normalized spacial score (nSPS) is 11.9. The Kier molecular flexibility index (Phi) is 6.74. The summed E-state index contributed by atoms with van der Waals surface area (Å²) < 4.78 is 8.08. The van der Waals surface area contributed by atoms with Crippen LogP contribution in [0.2, 0.25) is 0 Å². The highest BCUT2D eigenvalue weighted by atomic mass is 79.9. The zero-order valence-electron chi connectivity index (χ0n) is 15.8. The molecule has 1 unspecified atom stereocenters. The third kappa shape index (κ3) is 4.94. The number of nitrogens with zero attached hydrogens (tertiary/aromatic N) is 3. The second-order valence-corrected chi connectivity index (χ2v) is 8.08. The fraction of sp³-hybridized carbons (Fsp3) is 0.250. The number of aromatic nitrogens is 3. The first-order valence-corrected chi connectivity index (χ1v) is 10.5. The number of nitrogens with one attached hydrogen (secondary N) is 1. The molecule has 0 aliphatic heterocycles. The van der Waals surface area contributed by atoms with E-state index in [9.17, 15) is 4.79 Å². The third-order valence-corrected chi connectivity index (χ3v) is 5.81. The van der Waals surface area contributed by atoms with Crippen LogP contribution < -0.4 is 10.1 Å². The van der Waals surface area contributed by atoms with E-state index in [0.717, 1.165) is 27.2 Å². The molecule has 1 amide bonds. The first-order valence-electron chi connectivity index (χ1n) is 8.69. The maximum Gasteiger partial charge on any atom is 0.230 e. The Bertz CT molecular complexity index is 942. The van der Waals surface area contributed by atoms with Crippen LogP contribution in [0.25, 0.3) is 11.4 Å². The van der Waals surface area contributed by atoms with Crippen molar-refractivity contribution in [3.05, 3.63) is 58.6 Å². The maximum absolute atomic E-state index is 12.3. The molecule has 6 nitrogen and oxygen atoms in total. The number of carbonyl (C=O) groups is 1. The van der Waals surface area contributed by atoms with Gasteiger partial charge in [0.15, 0.2) is 11.0 Å². The molecule has 1 N–H and O–H groups in total. The number of thioether (sulfide) groups is 1. The number of carbonyl (C=O) groups excluding carboxylic acids is 1. The molecule has 0 saturated carbocycles. The van der Waals surface area contributed by atoms with Gasteiger partial charge in [-0.15, -0.1) is 10.2 Å². The van der Waals surface area contributed by atoms with E-state index in [0.29, 0.717) is 5.16 Å². The van der Waals surface area contributed by atoms with E-state index in [-0.39, 0.29) is 17.7 Å². The highest BCUT2D eigenvalue weighted by Gasteiger charge is 2.14. The van der Waals surface area contributed by atoms with Crippen molar-refractivity contribution in [1.82, 2.24) is 20.1 Å². The largest absolute Gasteiger partial charge is 0.497 e.